The molecule has 2 aromatic carbocycles. The van der Waals surface area contributed by atoms with Gasteiger partial charge in [0, 0.05) is 24.9 Å². The number of benzene rings is 2. The number of aromatic nitrogens is 4. The smallest absolute Gasteiger partial charge is 0.416 e. The number of rotatable bonds is 4. The molecule has 0 radical (unpaired) electrons. The van der Waals surface area contributed by atoms with Crippen LogP contribution in [0.3, 0.4) is 0 Å². The highest BCUT2D eigenvalue weighted by Gasteiger charge is 2.33. The van der Waals surface area contributed by atoms with Crippen LogP contribution in [0, 0.1) is 6.92 Å². The summed E-state index contributed by atoms with van der Waals surface area (Å²) in [6.45, 7) is 2.46. The number of alkyl halides is 3. The molecule has 1 atom stereocenters. The maximum absolute atomic E-state index is 13.2. The van der Waals surface area contributed by atoms with Gasteiger partial charge in [-0.05, 0) is 36.6 Å². The van der Waals surface area contributed by atoms with Gasteiger partial charge in [-0.25, -0.2) is 4.98 Å². The summed E-state index contributed by atoms with van der Waals surface area (Å²) in [5.41, 5.74) is 1.51. The van der Waals surface area contributed by atoms with Crippen LogP contribution in [0.5, 0.6) is 5.75 Å². The minimum absolute atomic E-state index is 0.249. The Morgan fingerprint density at radius 1 is 1.12 bits per heavy atom. The number of halogens is 3. The van der Waals surface area contributed by atoms with E-state index in [0.29, 0.717) is 47.6 Å². The Balaban J connectivity index is 1.53. The van der Waals surface area contributed by atoms with Crippen molar-refractivity contribution in [2.75, 3.05) is 7.11 Å². The molecule has 33 heavy (non-hydrogen) atoms. The molecule has 1 aliphatic rings. The van der Waals surface area contributed by atoms with Gasteiger partial charge in [-0.15, -0.1) is 10.2 Å². The van der Waals surface area contributed by atoms with Crippen molar-refractivity contribution in [1.29, 1.82) is 0 Å². The van der Waals surface area contributed by atoms with Crippen LogP contribution in [0.2, 0.25) is 0 Å². The fourth-order valence-corrected chi connectivity index (χ4v) is 4.36. The minimum Gasteiger partial charge on any atom is -0.496 e. The summed E-state index contributed by atoms with van der Waals surface area (Å²) in [6, 6.07) is 11.1. The molecule has 0 saturated heterocycles. The van der Waals surface area contributed by atoms with Crippen molar-refractivity contribution in [2.24, 2.45) is 0 Å². The number of aryl methyl sites for hydroxylation is 1. The first-order chi connectivity index (χ1) is 15.8. The first kappa shape index (κ1) is 21.2. The molecule has 2 aromatic heterocycles. The molecule has 0 N–H and O–H groups in total. The topological polar surface area (TPSA) is 66.0 Å². The predicted octanol–water partition coefficient (Wildman–Crippen LogP) is 5.86. The lowest BCUT2D eigenvalue weighted by atomic mass is 9.90. The minimum atomic E-state index is -4.39. The highest BCUT2D eigenvalue weighted by molar-refractivity contribution is 5.71. The normalized spacial score (nSPS) is 16.0. The molecule has 3 heterocycles. The van der Waals surface area contributed by atoms with E-state index in [0.717, 1.165) is 23.6 Å². The Labute approximate surface area is 188 Å². The Hall–Kier alpha value is -3.62. The monoisotopic (exact) mass is 454 g/mol. The van der Waals surface area contributed by atoms with Gasteiger partial charge in [0.15, 0.2) is 17.5 Å². The average molecular weight is 454 g/mol. The quantitative estimate of drug-likeness (QED) is 0.386. The van der Waals surface area contributed by atoms with Crippen molar-refractivity contribution in [3.8, 4) is 28.5 Å². The second-order valence-corrected chi connectivity index (χ2v) is 8.01. The molecule has 1 unspecified atom stereocenters. The molecule has 0 saturated carbocycles. The Bertz CT molecular complexity index is 1310. The molecule has 0 aliphatic carbocycles. The van der Waals surface area contributed by atoms with Gasteiger partial charge in [0.25, 0.3) is 0 Å². The molecule has 0 spiro atoms. The van der Waals surface area contributed by atoms with Crippen LogP contribution < -0.4 is 4.74 Å². The molecule has 6 nitrogen and oxygen atoms in total. The first-order valence-corrected chi connectivity index (χ1v) is 10.6. The van der Waals surface area contributed by atoms with E-state index < -0.39 is 11.7 Å². The van der Waals surface area contributed by atoms with E-state index in [4.69, 9.17) is 9.15 Å². The van der Waals surface area contributed by atoms with E-state index in [1.54, 1.807) is 26.3 Å². The van der Waals surface area contributed by atoms with Gasteiger partial charge >= 0.3 is 6.18 Å². The molecule has 4 aromatic rings. The van der Waals surface area contributed by atoms with E-state index >= 15 is 0 Å². The molecule has 0 bridgehead atoms. The Morgan fingerprint density at radius 2 is 1.97 bits per heavy atom. The van der Waals surface area contributed by atoms with Crippen molar-refractivity contribution in [2.45, 2.75) is 38.4 Å². The van der Waals surface area contributed by atoms with Crippen LogP contribution >= 0.6 is 0 Å². The van der Waals surface area contributed by atoms with Gasteiger partial charge < -0.3 is 13.7 Å². The van der Waals surface area contributed by atoms with Crippen LogP contribution in [0.25, 0.3) is 22.7 Å². The third-order valence-electron chi connectivity index (χ3n) is 5.93. The number of methoxy groups -OCH3 is 1. The molecule has 0 fully saturated rings. The van der Waals surface area contributed by atoms with Crippen LogP contribution in [0.4, 0.5) is 13.2 Å². The third kappa shape index (κ3) is 3.88. The maximum atomic E-state index is 13.2. The average Bonchev–Trinajstić information content (AvgIpc) is 3.44. The summed E-state index contributed by atoms with van der Waals surface area (Å²) in [7, 11) is 1.58. The van der Waals surface area contributed by atoms with E-state index in [-0.39, 0.29) is 5.92 Å². The number of oxazole rings is 1. The Kier molecular flexibility index (Phi) is 5.19. The number of fused-ring (bicyclic) bond motifs is 1. The highest BCUT2D eigenvalue weighted by Crippen LogP contribution is 2.39. The van der Waals surface area contributed by atoms with Crippen molar-refractivity contribution in [3.63, 3.8) is 0 Å². The SMILES string of the molecule is COc1cc(-c2nnc3n2CCCC3c2cccc(C(F)(F)F)c2)ccc1-c1cnc(C)o1. The molecule has 0 amide bonds. The van der Waals surface area contributed by atoms with Gasteiger partial charge in [-0.1, -0.05) is 24.3 Å². The lowest BCUT2D eigenvalue weighted by Crippen LogP contribution is -2.18. The molecule has 5 rings (SSSR count). The van der Waals surface area contributed by atoms with Gasteiger partial charge in [-0.3, -0.25) is 0 Å². The summed E-state index contributed by atoms with van der Waals surface area (Å²) in [4.78, 5) is 4.14. The lowest BCUT2D eigenvalue weighted by Gasteiger charge is -2.24. The van der Waals surface area contributed by atoms with E-state index in [2.05, 4.69) is 15.2 Å². The Morgan fingerprint density at radius 3 is 2.70 bits per heavy atom. The number of nitrogens with zero attached hydrogens (tertiary/aromatic N) is 4. The van der Waals surface area contributed by atoms with E-state index in [9.17, 15) is 13.2 Å². The highest BCUT2D eigenvalue weighted by atomic mass is 19.4. The van der Waals surface area contributed by atoms with Crippen LogP contribution in [0.1, 0.15) is 41.6 Å². The maximum Gasteiger partial charge on any atom is 0.416 e. The molecular formula is C24H21F3N4O2. The van der Waals surface area contributed by atoms with Crippen molar-refractivity contribution in [1.82, 2.24) is 19.7 Å². The zero-order valence-electron chi connectivity index (χ0n) is 18.1. The fraction of sp³-hybridized carbons (Fsp3) is 0.292. The fourth-order valence-electron chi connectivity index (χ4n) is 4.36. The van der Waals surface area contributed by atoms with Crippen LogP contribution in [0.15, 0.2) is 53.1 Å². The van der Waals surface area contributed by atoms with E-state index in [1.807, 2.05) is 22.8 Å². The van der Waals surface area contributed by atoms with Crippen molar-refractivity contribution in [3.05, 3.63) is 71.5 Å². The third-order valence-corrected chi connectivity index (χ3v) is 5.93. The van der Waals surface area contributed by atoms with Crippen LogP contribution in [-0.2, 0) is 12.7 Å². The number of ether oxygens (including phenoxy) is 1. The summed E-state index contributed by atoms with van der Waals surface area (Å²) in [5.74, 6) is 2.84. The summed E-state index contributed by atoms with van der Waals surface area (Å²) < 4.78 is 52.9. The summed E-state index contributed by atoms with van der Waals surface area (Å²) in [6.07, 6.45) is -1.21. The van der Waals surface area contributed by atoms with E-state index in [1.165, 1.54) is 12.1 Å². The molecule has 9 heteroatoms. The standard InChI is InChI=1S/C24H21F3N4O2/c1-14-28-13-21(33-14)19-9-8-16(12-20(19)32-2)22-29-30-23-18(7-4-10-31(22)23)15-5-3-6-17(11-15)24(25,26)27/h3,5-6,8-9,11-13,18H,4,7,10H2,1-2H3. The lowest BCUT2D eigenvalue weighted by molar-refractivity contribution is -0.137. The first-order valence-electron chi connectivity index (χ1n) is 10.6. The summed E-state index contributed by atoms with van der Waals surface area (Å²) >= 11 is 0. The van der Waals surface area contributed by atoms with Crippen molar-refractivity contribution < 1.29 is 22.3 Å². The van der Waals surface area contributed by atoms with Gasteiger partial charge in [0.1, 0.15) is 11.6 Å². The van der Waals surface area contributed by atoms with Crippen molar-refractivity contribution >= 4 is 0 Å². The van der Waals surface area contributed by atoms with Gasteiger partial charge in [0.2, 0.25) is 0 Å². The van der Waals surface area contributed by atoms with Gasteiger partial charge in [-0.2, -0.15) is 13.2 Å². The molecular weight excluding hydrogens is 433 g/mol. The number of hydrogen-bond donors (Lipinski definition) is 0. The van der Waals surface area contributed by atoms with Crippen LogP contribution in [-0.4, -0.2) is 26.9 Å². The predicted molar refractivity (Wildman–Crippen MR) is 115 cm³/mol. The van der Waals surface area contributed by atoms with Gasteiger partial charge in [0.05, 0.1) is 24.4 Å². The zero-order valence-corrected chi connectivity index (χ0v) is 18.1. The molecule has 170 valence electrons. The zero-order chi connectivity index (χ0) is 23.2. The second-order valence-electron chi connectivity index (χ2n) is 8.01. The second kappa shape index (κ2) is 8.06. The number of hydrogen-bond acceptors (Lipinski definition) is 5. The molecule has 1 aliphatic heterocycles. The summed E-state index contributed by atoms with van der Waals surface area (Å²) in [5, 5.41) is 8.78. The largest absolute Gasteiger partial charge is 0.496 e.